The van der Waals surface area contributed by atoms with Gasteiger partial charge >= 0.3 is 18.1 Å². The van der Waals surface area contributed by atoms with Crippen LogP contribution >= 0.6 is 0 Å². The zero-order chi connectivity index (χ0) is 24.2. The lowest BCUT2D eigenvalue weighted by Gasteiger charge is -2.41. The molecule has 2 aliphatic heterocycles. The molecule has 2 bridgehead atoms. The van der Waals surface area contributed by atoms with Crippen LogP contribution in [-0.4, -0.2) is 52.4 Å². The summed E-state index contributed by atoms with van der Waals surface area (Å²) in [6.45, 7) is 0. The fourth-order valence-corrected chi connectivity index (χ4v) is 5.31. The standard InChI is InChI=1S/C23H27NO2.C2HF3O2/c1-24-20-12-13-21(24)15-17(14-20)16-23(22(25)26,18-8-4-2-5-9-18)19-10-6-3-7-11-19;3-2(4,5)1(6)7/h2-11,17,20-21H,12-16H2,1H3,(H,25,26);(H,6,7)/t17?,20-,21+;. The van der Waals surface area contributed by atoms with E-state index in [1.54, 1.807) is 0 Å². The van der Waals surface area contributed by atoms with Crippen LogP contribution in [0.4, 0.5) is 13.2 Å². The van der Waals surface area contributed by atoms with Gasteiger partial charge < -0.3 is 15.1 Å². The molecular formula is C25H28F3NO4. The van der Waals surface area contributed by atoms with E-state index in [0.29, 0.717) is 24.4 Å². The van der Waals surface area contributed by atoms with E-state index in [1.807, 2.05) is 60.7 Å². The molecule has 0 radical (unpaired) electrons. The largest absolute Gasteiger partial charge is 0.490 e. The highest BCUT2D eigenvalue weighted by atomic mass is 19.4. The molecule has 1 unspecified atom stereocenters. The molecule has 8 heteroatoms. The van der Waals surface area contributed by atoms with Gasteiger partial charge in [-0.15, -0.1) is 0 Å². The summed E-state index contributed by atoms with van der Waals surface area (Å²) in [7, 11) is 2.23. The Morgan fingerprint density at radius 2 is 1.24 bits per heavy atom. The smallest absolute Gasteiger partial charge is 0.480 e. The van der Waals surface area contributed by atoms with E-state index in [0.717, 1.165) is 24.0 Å². The predicted octanol–water partition coefficient (Wildman–Crippen LogP) is 4.95. The minimum absolute atomic E-state index is 0.445. The number of aliphatic carboxylic acids is 2. The minimum Gasteiger partial charge on any atom is -0.480 e. The Morgan fingerprint density at radius 1 is 0.848 bits per heavy atom. The maximum atomic E-state index is 12.7. The number of nitrogens with zero attached hydrogens (tertiary/aromatic N) is 1. The zero-order valence-corrected chi connectivity index (χ0v) is 18.3. The van der Waals surface area contributed by atoms with Crippen molar-refractivity contribution in [2.75, 3.05) is 7.05 Å². The lowest BCUT2D eigenvalue weighted by molar-refractivity contribution is -0.192. The molecule has 3 atom stereocenters. The number of benzene rings is 2. The Bertz CT molecular complexity index is 896. The molecule has 0 saturated carbocycles. The number of carboxylic acids is 2. The van der Waals surface area contributed by atoms with Crippen LogP contribution in [0, 0.1) is 5.92 Å². The van der Waals surface area contributed by atoms with Gasteiger partial charge in [0.05, 0.1) is 0 Å². The first kappa shape index (κ1) is 24.8. The van der Waals surface area contributed by atoms with Gasteiger partial charge in [0.1, 0.15) is 5.41 Å². The summed E-state index contributed by atoms with van der Waals surface area (Å²) in [6.07, 6.45) is 0.337. The summed E-state index contributed by atoms with van der Waals surface area (Å²) in [5, 5.41) is 17.6. The first-order valence-corrected chi connectivity index (χ1v) is 10.9. The molecule has 0 aliphatic carbocycles. The van der Waals surface area contributed by atoms with Crippen molar-refractivity contribution < 1.29 is 33.0 Å². The second-order valence-electron chi connectivity index (χ2n) is 8.84. The van der Waals surface area contributed by atoms with E-state index in [1.165, 1.54) is 12.8 Å². The quantitative estimate of drug-likeness (QED) is 0.656. The van der Waals surface area contributed by atoms with E-state index in [2.05, 4.69) is 11.9 Å². The molecule has 0 spiro atoms. The third-order valence-corrected chi connectivity index (χ3v) is 6.93. The molecule has 2 aromatic carbocycles. The van der Waals surface area contributed by atoms with Crippen LogP contribution in [0.1, 0.15) is 43.2 Å². The van der Waals surface area contributed by atoms with Gasteiger partial charge in [-0.2, -0.15) is 13.2 Å². The molecule has 2 aliphatic rings. The first-order valence-electron chi connectivity index (χ1n) is 10.9. The average molecular weight is 463 g/mol. The number of halogens is 3. The number of rotatable bonds is 5. The SMILES string of the molecule is CN1[C@@H]2CC[C@H]1CC(CC(C(=O)O)(c1ccccc1)c1ccccc1)C2.O=C(O)C(F)(F)F. The summed E-state index contributed by atoms with van der Waals surface area (Å²) in [4.78, 5) is 24.1. The summed E-state index contributed by atoms with van der Waals surface area (Å²) >= 11 is 0. The Kier molecular flexibility index (Phi) is 7.47. The molecule has 5 nitrogen and oxygen atoms in total. The van der Waals surface area contributed by atoms with E-state index >= 15 is 0 Å². The highest BCUT2D eigenvalue weighted by Gasteiger charge is 2.47. The second-order valence-corrected chi connectivity index (χ2v) is 8.84. The molecule has 2 heterocycles. The Labute approximate surface area is 190 Å². The van der Waals surface area contributed by atoms with Crippen LogP contribution < -0.4 is 0 Å². The molecule has 2 saturated heterocycles. The van der Waals surface area contributed by atoms with E-state index in [-0.39, 0.29) is 0 Å². The minimum atomic E-state index is -5.08. The van der Waals surface area contributed by atoms with Gasteiger partial charge in [0.15, 0.2) is 0 Å². The van der Waals surface area contributed by atoms with Crippen molar-refractivity contribution in [3.63, 3.8) is 0 Å². The van der Waals surface area contributed by atoms with Crippen molar-refractivity contribution in [2.24, 2.45) is 5.92 Å². The number of piperidine rings is 1. The van der Waals surface area contributed by atoms with Crippen LogP contribution in [0.15, 0.2) is 60.7 Å². The average Bonchev–Trinajstić information content (AvgIpc) is 2.98. The van der Waals surface area contributed by atoms with Crippen LogP contribution in [0.2, 0.25) is 0 Å². The topological polar surface area (TPSA) is 77.8 Å². The van der Waals surface area contributed by atoms with Gasteiger partial charge in [-0.05, 0) is 56.2 Å². The summed E-state index contributed by atoms with van der Waals surface area (Å²) in [6, 6.07) is 20.9. The number of hydrogen-bond donors (Lipinski definition) is 2. The number of carboxylic acid groups (broad SMARTS) is 2. The zero-order valence-electron chi connectivity index (χ0n) is 18.3. The summed E-state index contributed by atoms with van der Waals surface area (Å²) < 4.78 is 31.7. The molecule has 178 valence electrons. The second kappa shape index (κ2) is 9.95. The van der Waals surface area contributed by atoms with Crippen molar-refractivity contribution >= 4 is 11.9 Å². The fourth-order valence-electron chi connectivity index (χ4n) is 5.31. The van der Waals surface area contributed by atoms with Gasteiger partial charge in [-0.25, -0.2) is 4.79 Å². The third kappa shape index (κ3) is 5.38. The molecule has 2 fully saturated rings. The van der Waals surface area contributed by atoms with Gasteiger partial charge in [0, 0.05) is 12.1 Å². The third-order valence-electron chi connectivity index (χ3n) is 6.93. The van der Waals surface area contributed by atoms with E-state index in [4.69, 9.17) is 9.90 Å². The highest BCUT2D eigenvalue weighted by Crippen LogP contribution is 2.45. The molecule has 4 rings (SSSR count). The van der Waals surface area contributed by atoms with Crippen molar-refractivity contribution in [3.8, 4) is 0 Å². The molecule has 0 amide bonds. The normalized spacial score (nSPS) is 22.8. The molecule has 33 heavy (non-hydrogen) atoms. The van der Waals surface area contributed by atoms with E-state index in [9.17, 15) is 23.1 Å². The van der Waals surface area contributed by atoms with Crippen LogP contribution in [0.3, 0.4) is 0 Å². The highest BCUT2D eigenvalue weighted by molar-refractivity contribution is 5.86. The molecule has 2 N–H and O–H groups in total. The maximum absolute atomic E-state index is 12.7. The molecule has 2 aromatic rings. The number of carbonyl (C=O) groups is 2. The van der Waals surface area contributed by atoms with Crippen LogP contribution in [-0.2, 0) is 15.0 Å². The summed E-state index contributed by atoms with van der Waals surface area (Å²) in [5.41, 5.74) is 0.817. The Morgan fingerprint density at radius 3 is 1.58 bits per heavy atom. The van der Waals surface area contributed by atoms with Gasteiger partial charge in [-0.3, -0.25) is 4.79 Å². The Balaban J connectivity index is 0.000000383. The van der Waals surface area contributed by atoms with Crippen molar-refractivity contribution in [1.82, 2.24) is 4.90 Å². The summed E-state index contributed by atoms with van der Waals surface area (Å²) in [5.74, 6) is -3.05. The van der Waals surface area contributed by atoms with E-state index < -0.39 is 23.5 Å². The molecular weight excluding hydrogens is 435 g/mol. The van der Waals surface area contributed by atoms with Crippen molar-refractivity contribution in [2.45, 2.75) is 55.8 Å². The fraction of sp³-hybridized carbons (Fsp3) is 0.440. The molecule has 0 aromatic heterocycles. The van der Waals surface area contributed by atoms with Gasteiger partial charge in [0.25, 0.3) is 0 Å². The predicted molar refractivity (Wildman–Crippen MR) is 117 cm³/mol. The number of alkyl halides is 3. The lowest BCUT2D eigenvalue weighted by atomic mass is 9.67. The lowest BCUT2D eigenvalue weighted by Crippen LogP contribution is -2.44. The van der Waals surface area contributed by atoms with Crippen molar-refractivity contribution in [3.05, 3.63) is 71.8 Å². The van der Waals surface area contributed by atoms with Gasteiger partial charge in [-0.1, -0.05) is 60.7 Å². The van der Waals surface area contributed by atoms with Crippen LogP contribution in [0.25, 0.3) is 0 Å². The number of fused-ring (bicyclic) bond motifs is 2. The number of hydrogen-bond acceptors (Lipinski definition) is 3. The monoisotopic (exact) mass is 463 g/mol. The van der Waals surface area contributed by atoms with Gasteiger partial charge in [0.2, 0.25) is 0 Å². The van der Waals surface area contributed by atoms with Crippen molar-refractivity contribution in [1.29, 1.82) is 0 Å². The van der Waals surface area contributed by atoms with Crippen LogP contribution in [0.5, 0.6) is 0 Å². The Hall–Kier alpha value is -2.87. The maximum Gasteiger partial charge on any atom is 0.490 e. The first-order chi connectivity index (χ1) is 15.6.